The van der Waals surface area contributed by atoms with Gasteiger partial charge >= 0.3 is 0 Å². The minimum absolute atomic E-state index is 0.0226. The molecule has 4 aromatic rings. The van der Waals surface area contributed by atoms with Gasteiger partial charge in [-0.2, -0.15) is 0 Å². The summed E-state index contributed by atoms with van der Waals surface area (Å²) in [7, 11) is 0. The first-order valence-electron chi connectivity index (χ1n) is 11.5. The number of fused-ring (bicyclic) bond motifs is 5. The van der Waals surface area contributed by atoms with Crippen molar-refractivity contribution >= 4 is 28.5 Å². The van der Waals surface area contributed by atoms with E-state index in [2.05, 4.69) is 6.58 Å². The molecular weight excluding hydrogens is 459 g/mol. The van der Waals surface area contributed by atoms with E-state index in [1.807, 2.05) is 31.2 Å². The zero-order valence-electron chi connectivity index (χ0n) is 19.5. The molecule has 7 heteroatoms. The molecular formula is C29H21FN2O4. The number of amides is 2. The third kappa shape index (κ3) is 2.80. The van der Waals surface area contributed by atoms with E-state index < -0.39 is 28.6 Å². The van der Waals surface area contributed by atoms with Gasteiger partial charge < -0.3 is 14.2 Å². The zero-order chi connectivity index (χ0) is 25.2. The van der Waals surface area contributed by atoms with Crippen LogP contribution in [0.4, 0.5) is 10.1 Å². The van der Waals surface area contributed by atoms with Crippen molar-refractivity contribution in [2.45, 2.75) is 19.0 Å². The highest BCUT2D eigenvalue weighted by Crippen LogP contribution is 2.53. The second kappa shape index (κ2) is 7.75. The standard InChI is InChI=1S/C29H21FN2O4/c1-3-14-31-22-7-5-4-6-21(22)29(28(31)35)24-25(33)20-15-19(30)12-13-23(20)36-26(24)27(34)32(29)16-18-10-8-17(2)9-11-18/h3-13,15H,1,14,16H2,2H3. The predicted octanol–water partition coefficient (Wildman–Crippen LogP) is 4.67. The molecule has 1 atom stereocenters. The lowest BCUT2D eigenvalue weighted by molar-refractivity contribution is -0.126. The van der Waals surface area contributed by atoms with Gasteiger partial charge in [0.15, 0.2) is 11.0 Å². The van der Waals surface area contributed by atoms with Gasteiger partial charge in [-0.25, -0.2) is 4.39 Å². The topological polar surface area (TPSA) is 70.8 Å². The van der Waals surface area contributed by atoms with E-state index in [-0.39, 0.29) is 35.4 Å². The fourth-order valence-corrected chi connectivity index (χ4v) is 5.37. The Hall–Kier alpha value is -4.52. The molecule has 0 aliphatic carbocycles. The quantitative estimate of drug-likeness (QED) is 0.398. The van der Waals surface area contributed by atoms with E-state index in [1.165, 1.54) is 21.9 Å². The number of hydrogen-bond acceptors (Lipinski definition) is 4. The Balaban J connectivity index is 1.70. The van der Waals surface area contributed by atoms with E-state index >= 15 is 0 Å². The molecule has 0 saturated carbocycles. The molecule has 0 saturated heterocycles. The summed E-state index contributed by atoms with van der Waals surface area (Å²) in [6.07, 6.45) is 1.59. The largest absolute Gasteiger partial charge is 0.450 e. The molecule has 178 valence electrons. The van der Waals surface area contributed by atoms with Gasteiger partial charge in [0, 0.05) is 18.7 Å². The van der Waals surface area contributed by atoms with Crippen LogP contribution in [-0.4, -0.2) is 23.3 Å². The number of benzene rings is 3. The van der Waals surface area contributed by atoms with Gasteiger partial charge in [-0.3, -0.25) is 14.4 Å². The zero-order valence-corrected chi connectivity index (χ0v) is 19.5. The molecule has 1 spiro atoms. The fraction of sp³-hybridized carbons (Fsp3) is 0.138. The molecule has 0 bridgehead atoms. The first kappa shape index (κ1) is 22.0. The summed E-state index contributed by atoms with van der Waals surface area (Å²) in [4.78, 5) is 45.1. The SMILES string of the molecule is C=CCN1C(=O)C2(c3ccccc31)c1c(oc3ccc(F)cc3c1=O)C(=O)N2Cc1ccc(C)cc1. The summed E-state index contributed by atoms with van der Waals surface area (Å²) >= 11 is 0. The molecule has 2 amide bonds. The van der Waals surface area contributed by atoms with E-state index in [4.69, 9.17) is 4.42 Å². The Morgan fingerprint density at radius 3 is 2.53 bits per heavy atom. The maximum atomic E-state index is 14.3. The van der Waals surface area contributed by atoms with Crippen molar-refractivity contribution in [1.82, 2.24) is 4.90 Å². The molecule has 1 aromatic heterocycles. The van der Waals surface area contributed by atoms with Gasteiger partial charge in [0.05, 0.1) is 16.6 Å². The van der Waals surface area contributed by atoms with E-state index in [9.17, 15) is 18.8 Å². The molecule has 3 heterocycles. The monoisotopic (exact) mass is 480 g/mol. The molecule has 0 radical (unpaired) electrons. The minimum Gasteiger partial charge on any atom is -0.450 e. The first-order chi connectivity index (χ1) is 17.4. The number of para-hydroxylation sites is 1. The highest BCUT2D eigenvalue weighted by atomic mass is 19.1. The van der Waals surface area contributed by atoms with Crippen molar-refractivity contribution in [3.8, 4) is 0 Å². The summed E-state index contributed by atoms with van der Waals surface area (Å²) < 4.78 is 20.1. The van der Waals surface area contributed by atoms with Crippen LogP contribution >= 0.6 is 0 Å². The van der Waals surface area contributed by atoms with Crippen LogP contribution in [0.3, 0.4) is 0 Å². The summed E-state index contributed by atoms with van der Waals surface area (Å²) in [6, 6.07) is 18.3. The third-order valence-corrected chi connectivity index (χ3v) is 6.97. The number of carbonyl (C=O) groups is 2. The maximum Gasteiger partial charge on any atom is 0.291 e. The Morgan fingerprint density at radius 1 is 1.03 bits per heavy atom. The van der Waals surface area contributed by atoms with Crippen molar-refractivity contribution in [2.24, 2.45) is 0 Å². The number of halogens is 1. The van der Waals surface area contributed by atoms with Crippen LogP contribution in [0.25, 0.3) is 11.0 Å². The van der Waals surface area contributed by atoms with Crippen molar-refractivity contribution in [3.05, 3.63) is 123 Å². The second-order valence-electron chi connectivity index (χ2n) is 9.08. The van der Waals surface area contributed by atoms with Crippen molar-refractivity contribution in [2.75, 3.05) is 11.4 Å². The van der Waals surface area contributed by atoms with Gasteiger partial charge in [-0.15, -0.1) is 6.58 Å². The van der Waals surface area contributed by atoms with Gasteiger partial charge in [0.1, 0.15) is 11.4 Å². The lowest BCUT2D eigenvalue weighted by Gasteiger charge is -2.34. The molecule has 6 nitrogen and oxygen atoms in total. The number of nitrogens with zero attached hydrogens (tertiary/aromatic N) is 2. The van der Waals surface area contributed by atoms with Crippen molar-refractivity contribution in [3.63, 3.8) is 0 Å². The van der Waals surface area contributed by atoms with Crippen LogP contribution in [0.1, 0.15) is 32.8 Å². The lowest BCUT2D eigenvalue weighted by Crippen LogP contribution is -2.53. The Bertz CT molecular complexity index is 1660. The van der Waals surface area contributed by atoms with Crippen LogP contribution in [-0.2, 0) is 16.9 Å². The highest BCUT2D eigenvalue weighted by Gasteiger charge is 2.64. The van der Waals surface area contributed by atoms with Gasteiger partial charge in [0.25, 0.3) is 11.8 Å². The Labute approximate surface area is 205 Å². The van der Waals surface area contributed by atoms with Gasteiger partial charge in [-0.1, -0.05) is 54.1 Å². The average Bonchev–Trinajstić information content (AvgIpc) is 3.26. The Kier molecular flexibility index (Phi) is 4.73. The van der Waals surface area contributed by atoms with Crippen LogP contribution in [0.15, 0.2) is 88.6 Å². The molecule has 1 unspecified atom stereocenters. The summed E-state index contributed by atoms with van der Waals surface area (Å²) in [5.74, 6) is -1.84. The van der Waals surface area contributed by atoms with E-state index in [1.54, 1.807) is 30.3 Å². The van der Waals surface area contributed by atoms with Gasteiger partial charge in [-0.05, 0) is 36.8 Å². The number of carbonyl (C=O) groups excluding carboxylic acids is 2. The molecule has 2 aliphatic heterocycles. The van der Waals surface area contributed by atoms with Crippen molar-refractivity contribution < 1.29 is 18.4 Å². The number of aryl methyl sites for hydroxylation is 1. The molecule has 6 rings (SSSR count). The number of anilines is 1. The summed E-state index contributed by atoms with van der Waals surface area (Å²) in [5, 5.41) is -0.0226. The van der Waals surface area contributed by atoms with Crippen LogP contribution < -0.4 is 10.3 Å². The number of hydrogen-bond donors (Lipinski definition) is 0. The summed E-state index contributed by atoms with van der Waals surface area (Å²) in [6.45, 7) is 5.98. The van der Waals surface area contributed by atoms with Gasteiger partial charge in [0.2, 0.25) is 5.76 Å². The summed E-state index contributed by atoms with van der Waals surface area (Å²) in [5.41, 5.74) is 0.566. The smallest absolute Gasteiger partial charge is 0.291 e. The van der Waals surface area contributed by atoms with Crippen LogP contribution in [0.2, 0.25) is 0 Å². The highest BCUT2D eigenvalue weighted by molar-refractivity contribution is 6.17. The lowest BCUT2D eigenvalue weighted by atomic mass is 9.83. The molecule has 2 aliphatic rings. The van der Waals surface area contributed by atoms with Crippen molar-refractivity contribution in [1.29, 1.82) is 0 Å². The first-order valence-corrected chi connectivity index (χ1v) is 11.5. The predicted molar refractivity (Wildman–Crippen MR) is 133 cm³/mol. The second-order valence-corrected chi connectivity index (χ2v) is 9.08. The Morgan fingerprint density at radius 2 is 1.78 bits per heavy atom. The molecule has 0 N–H and O–H groups in total. The van der Waals surface area contributed by atoms with Crippen LogP contribution in [0, 0.1) is 12.7 Å². The molecule has 0 fully saturated rings. The van der Waals surface area contributed by atoms with E-state index in [0.29, 0.717) is 11.3 Å². The minimum atomic E-state index is -1.75. The molecule has 36 heavy (non-hydrogen) atoms. The average molecular weight is 480 g/mol. The normalized spacial score (nSPS) is 18.3. The van der Waals surface area contributed by atoms with E-state index in [0.717, 1.165) is 17.2 Å². The van der Waals surface area contributed by atoms with Crippen LogP contribution in [0.5, 0.6) is 0 Å². The number of rotatable bonds is 4. The third-order valence-electron chi connectivity index (χ3n) is 6.97. The maximum absolute atomic E-state index is 14.3. The fourth-order valence-electron chi connectivity index (χ4n) is 5.37. The molecule has 3 aromatic carbocycles.